The first kappa shape index (κ1) is 12.3. The average Bonchev–Trinajstić information content (AvgIpc) is 3.33. The van der Waals surface area contributed by atoms with Gasteiger partial charge in [-0.1, -0.05) is 31.0 Å². The molecule has 2 fully saturated rings. The third kappa shape index (κ3) is 1.94. The number of benzene rings is 1. The molecule has 1 aliphatic carbocycles. The average molecular weight is 266 g/mol. The quantitative estimate of drug-likeness (QED) is 0.888. The van der Waals surface area contributed by atoms with E-state index in [9.17, 15) is 0 Å². The molecule has 2 aliphatic rings. The van der Waals surface area contributed by atoms with Gasteiger partial charge in [-0.2, -0.15) is 0 Å². The lowest BCUT2D eigenvalue weighted by molar-refractivity contribution is 0.281. The smallest absolute Gasteiger partial charge is 0.0705 e. The molecule has 104 valence electrons. The Kier molecular flexibility index (Phi) is 2.99. The molecule has 1 aliphatic heterocycles. The highest BCUT2D eigenvalue weighted by molar-refractivity contribution is 5.83. The topological polar surface area (TPSA) is 24.9 Å². The second kappa shape index (κ2) is 4.85. The molecule has 20 heavy (non-hydrogen) atoms. The number of hydrogen-bond donors (Lipinski definition) is 1. The molecule has 1 unspecified atom stereocenters. The maximum Gasteiger partial charge on any atom is 0.0705 e. The molecule has 1 aromatic carbocycles. The van der Waals surface area contributed by atoms with E-state index in [0.717, 1.165) is 18.0 Å². The summed E-state index contributed by atoms with van der Waals surface area (Å²) in [6.07, 6.45) is 9.97. The summed E-state index contributed by atoms with van der Waals surface area (Å²) in [6, 6.07) is 11.0. The number of nitrogens with zero attached hydrogens (tertiary/aromatic N) is 1. The van der Waals surface area contributed by atoms with Gasteiger partial charge in [0.2, 0.25) is 0 Å². The largest absolute Gasteiger partial charge is 0.307 e. The molecule has 4 rings (SSSR count). The van der Waals surface area contributed by atoms with Crippen LogP contribution >= 0.6 is 0 Å². The molecular formula is C18H22N2. The molecule has 0 bridgehead atoms. The molecule has 1 N–H and O–H groups in total. The van der Waals surface area contributed by atoms with E-state index in [-0.39, 0.29) is 5.54 Å². The van der Waals surface area contributed by atoms with Crippen molar-refractivity contribution >= 4 is 10.9 Å². The summed E-state index contributed by atoms with van der Waals surface area (Å²) in [7, 11) is 0. The van der Waals surface area contributed by atoms with Crippen molar-refractivity contribution < 1.29 is 0 Å². The fourth-order valence-electron chi connectivity index (χ4n) is 3.97. The molecule has 1 saturated carbocycles. The standard InChI is InChI=1S/C18H22N2/c1-2-11-18(14-9-10-14,20-13-3-1)16-7-4-8-17-15(16)6-5-12-19-17/h4-8,12,14,20H,1-3,9-11,13H2. The van der Waals surface area contributed by atoms with Crippen LogP contribution in [0.15, 0.2) is 36.5 Å². The lowest BCUT2D eigenvalue weighted by atomic mass is 9.79. The Labute approximate surface area is 120 Å². The van der Waals surface area contributed by atoms with Gasteiger partial charge in [0.1, 0.15) is 0 Å². The second-order valence-electron chi connectivity index (χ2n) is 6.36. The van der Waals surface area contributed by atoms with E-state index in [0.29, 0.717) is 0 Å². The zero-order chi connectivity index (χ0) is 13.4. The van der Waals surface area contributed by atoms with Gasteiger partial charge < -0.3 is 5.32 Å². The molecular weight excluding hydrogens is 244 g/mol. The van der Waals surface area contributed by atoms with Crippen LogP contribution in [-0.4, -0.2) is 11.5 Å². The molecule has 2 nitrogen and oxygen atoms in total. The van der Waals surface area contributed by atoms with E-state index in [4.69, 9.17) is 0 Å². The number of nitrogens with one attached hydrogen (secondary N) is 1. The van der Waals surface area contributed by atoms with Crippen molar-refractivity contribution in [1.29, 1.82) is 0 Å². The number of aromatic nitrogens is 1. The van der Waals surface area contributed by atoms with E-state index in [1.165, 1.54) is 49.5 Å². The van der Waals surface area contributed by atoms with Crippen LogP contribution in [0.2, 0.25) is 0 Å². The number of pyridine rings is 1. The van der Waals surface area contributed by atoms with Gasteiger partial charge >= 0.3 is 0 Å². The Bertz CT molecular complexity index is 602. The Balaban J connectivity index is 1.89. The van der Waals surface area contributed by atoms with Gasteiger partial charge in [0.05, 0.1) is 5.52 Å². The van der Waals surface area contributed by atoms with E-state index < -0.39 is 0 Å². The maximum atomic E-state index is 4.54. The third-order valence-corrected chi connectivity index (χ3v) is 5.09. The van der Waals surface area contributed by atoms with Crippen LogP contribution < -0.4 is 5.32 Å². The van der Waals surface area contributed by atoms with Gasteiger partial charge in [-0.05, 0) is 55.8 Å². The van der Waals surface area contributed by atoms with Crippen LogP contribution in [0.5, 0.6) is 0 Å². The Morgan fingerprint density at radius 1 is 1.05 bits per heavy atom. The summed E-state index contributed by atoms with van der Waals surface area (Å²) < 4.78 is 0. The summed E-state index contributed by atoms with van der Waals surface area (Å²) in [5, 5.41) is 5.28. The normalized spacial score (nSPS) is 27.4. The molecule has 2 heterocycles. The highest BCUT2D eigenvalue weighted by Gasteiger charge is 2.46. The second-order valence-corrected chi connectivity index (χ2v) is 6.36. The first-order valence-corrected chi connectivity index (χ1v) is 7.99. The third-order valence-electron chi connectivity index (χ3n) is 5.09. The minimum Gasteiger partial charge on any atom is -0.307 e. The Morgan fingerprint density at radius 3 is 2.90 bits per heavy atom. The zero-order valence-electron chi connectivity index (χ0n) is 11.9. The van der Waals surface area contributed by atoms with Gasteiger partial charge in [-0.3, -0.25) is 4.98 Å². The minimum atomic E-state index is 0.207. The molecule has 2 heteroatoms. The summed E-state index contributed by atoms with van der Waals surface area (Å²) in [5.74, 6) is 0.825. The SMILES string of the molecule is c1cc(C2(C3CC3)CCCCCN2)c2cccnc2c1. The number of rotatable bonds is 2. The zero-order valence-corrected chi connectivity index (χ0v) is 11.9. The fraction of sp³-hybridized carbons (Fsp3) is 0.500. The number of fused-ring (bicyclic) bond motifs is 1. The van der Waals surface area contributed by atoms with Crippen molar-refractivity contribution in [2.45, 2.75) is 44.1 Å². The van der Waals surface area contributed by atoms with Gasteiger partial charge in [0.25, 0.3) is 0 Å². The molecule has 0 amide bonds. The minimum absolute atomic E-state index is 0.207. The number of hydrogen-bond acceptors (Lipinski definition) is 2. The Hall–Kier alpha value is -1.41. The van der Waals surface area contributed by atoms with Crippen molar-refractivity contribution in [1.82, 2.24) is 10.3 Å². The summed E-state index contributed by atoms with van der Waals surface area (Å²) in [6.45, 7) is 1.16. The molecule has 1 aromatic heterocycles. The van der Waals surface area contributed by atoms with Crippen LogP contribution in [0.25, 0.3) is 10.9 Å². The molecule has 2 aromatic rings. The van der Waals surface area contributed by atoms with E-state index in [1.54, 1.807) is 0 Å². The van der Waals surface area contributed by atoms with Crippen LogP contribution in [0.1, 0.15) is 44.1 Å². The van der Waals surface area contributed by atoms with E-state index in [1.807, 2.05) is 6.20 Å². The van der Waals surface area contributed by atoms with Crippen molar-refractivity contribution in [3.8, 4) is 0 Å². The monoisotopic (exact) mass is 266 g/mol. The predicted molar refractivity (Wildman–Crippen MR) is 82.6 cm³/mol. The Morgan fingerprint density at radius 2 is 2.00 bits per heavy atom. The van der Waals surface area contributed by atoms with E-state index >= 15 is 0 Å². The molecule has 0 radical (unpaired) electrons. The highest BCUT2D eigenvalue weighted by atomic mass is 15.0. The highest BCUT2D eigenvalue weighted by Crippen LogP contribution is 2.50. The van der Waals surface area contributed by atoms with Crippen molar-refractivity contribution in [2.75, 3.05) is 6.54 Å². The molecule has 0 spiro atoms. The van der Waals surface area contributed by atoms with Crippen LogP contribution in [0.3, 0.4) is 0 Å². The lowest BCUT2D eigenvalue weighted by Crippen LogP contribution is -2.44. The fourth-order valence-corrected chi connectivity index (χ4v) is 3.97. The maximum absolute atomic E-state index is 4.54. The lowest BCUT2D eigenvalue weighted by Gasteiger charge is -2.36. The van der Waals surface area contributed by atoms with Crippen molar-refractivity contribution in [3.63, 3.8) is 0 Å². The molecule has 1 atom stereocenters. The first-order chi connectivity index (χ1) is 9.90. The van der Waals surface area contributed by atoms with Gasteiger partial charge in [-0.25, -0.2) is 0 Å². The van der Waals surface area contributed by atoms with E-state index in [2.05, 4.69) is 40.6 Å². The summed E-state index contributed by atoms with van der Waals surface area (Å²) in [4.78, 5) is 4.54. The van der Waals surface area contributed by atoms with Crippen LogP contribution in [0, 0.1) is 5.92 Å². The van der Waals surface area contributed by atoms with Gasteiger partial charge in [-0.15, -0.1) is 0 Å². The molecule has 1 saturated heterocycles. The van der Waals surface area contributed by atoms with Gasteiger partial charge in [0.15, 0.2) is 0 Å². The summed E-state index contributed by atoms with van der Waals surface area (Å²) in [5.41, 5.74) is 2.84. The van der Waals surface area contributed by atoms with Gasteiger partial charge in [0, 0.05) is 17.1 Å². The van der Waals surface area contributed by atoms with Crippen LogP contribution in [-0.2, 0) is 5.54 Å². The van der Waals surface area contributed by atoms with Crippen molar-refractivity contribution in [2.24, 2.45) is 5.92 Å². The summed E-state index contributed by atoms with van der Waals surface area (Å²) >= 11 is 0. The van der Waals surface area contributed by atoms with Crippen LogP contribution in [0.4, 0.5) is 0 Å². The van der Waals surface area contributed by atoms with Crippen molar-refractivity contribution in [3.05, 3.63) is 42.1 Å². The predicted octanol–water partition coefficient (Wildman–Crippen LogP) is 4.00. The first-order valence-electron chi connectivity index (χ1n) is 7.99.